The van der Waals surface area contributed by atoms with Crippen LogP contribution in [0.4, 0.5) is 0 Å². The van der Waals surface area contributed by atoms with E-state index in [4.69, 9.17) is 4.74 Å². The third-order valence-electron chi connectivity index (χ3n) is 4.90. The van der Waals surface area contributed by atoms with Gasteiger partial charge in [-0.1, -0.05) is 13.0 Å². The molecular weight excluding hydrogens is 248 g/mol. The summed E-state index contributed by atoms with van der Waals surface area (Å²) in [7, 11) is 1.75. The van der Waals surface area contributed by atoms with Crippen LogP contribution < -0.4 is 10.1 Å². The second-order valence-corrected chi connectivity index (χ2v) is 6.11. The molecule has 20 heavy (non-hydrogen) atoms. The molecule has 2 atom stereocenters. The number of hydrogen-bond donors (Lipinski definition) is 1. The predicted molar refractivity (Wildman–Crippen MR) is 82.3 cm³/mol. The Bertz CT molecular complexity index is 460. The van der Waals surface area contributed by atoms with Gasteiger partial charge in [0.25, 0.3) is 0 Å². The van der Waals surface area contributed by atoms with E-state index in [-0.39, 0.29) is 0 Å². The molecule has 0 bridgehead atoms. The molecule has 1 heterocycles. The molecular formula is C17H26N2O. The van der Waals surface area contributed by atoms with E-state index in [0.717, 1.165) is 18.2 Å². The van der Waals surface area contributed by atoms with Gasteiger partial charge >= 0.3 is 0 Å². The molecule has 1 fully saturated rings. The summed E-state index contributed by atoms with van der Waals surface area (Å²) in [4.78, 5) is 2.55. The topological polar surface area (TPSA) is 24.5 Å². The van der Waals surface area contributed by atoms with Crippen molar-refractivity contribution in [3.63, 3.8) is 0 Å². The smallest absolute Gasteiger partial charge is 0.119 e. The normalized spacial score (nSPS) is 25.9. The van der Waals surface area contributed by atoms with E-state index in [0.29, 0.717) is 6.04 Å². The number of rotatable bonds is 5. The molecule has 3 rings (SSSR count). The Labute approximate surface area is 122 Å². The molecule has 0 radical (unpaired) electrons. The zero-order chi connectivity index (χ0) is 13.9. The minimum Gasteiger partial charge on any atom is -0.497 e. The van der Waals surface area contributed by atoms with E-state index >= 15 is 0 Å². The van der Waals surface area contributed by atoms with Crippen LogP contribution in [0.15, 0.2) is 18.2 Å². The number of aryl methyl sites for hydroxylation is 1. The van der Waals surface area contributed by atoms with Gasteiger partial charge in [-0.05, 0) is 68.1 Å². The van der Waals surface area contributed by atoms with Crippen LogP contribution in [0.5, 0.6) is 5.75 Å². The van der Waals surface area contributed by atoms with Gasteiger partial charge in [0.15, 0.2) is 0 Å². The highest BCUT2D eigenvalue weighted by atomic mass is 16.5. The Morgan fingerprint density at radius 2 is 2.25 bits per heavy atom. The Morgan fingerprint density at radius 3 is 3.00 bits per heavy atom. The molecule has 2 unspecified atom stereocenters. The van der Waals surface area contributed by atoms with E-state index < -0.39 is 0 Å². The number of nitrogens with zero attached hydrogens (tertiary/aromatic N) is 1. The highest BCUT2D eigenvalue weighted by Crippen LogP contribution is 2.34. The summed E-state index contributed by atoms with van der Waals surface area (Å²) < 4.78 is 5.36. The maximum Gasteiger partial charge on any atom is 0.119 e. The second kappa shape index (κ2) is 6.15. The number of methoxy groups -OCH3 is 1. The first-order valence-corrected chi connectivity index (χ1v) is 7.92. The van der Waals surface area contributed by atoms with Crippen LogP contribution in [0.2, 0.25) is 0 Å². The molecule has 1 aromatic rings. The molecule has 1 aliphatic carbocycles. The highest BCUT2D eigenvalue weighted by Gasteiger charge is 2.25. The van der Waals surface area contributed by atoms with Crippen molar-refractivity contribution in [2.24, 2.45) is 5.92 Å². The van der Waals surface area contributed by atoms with Crippen LogP contribution in [-0.2, 0) is 6.42 Å². The van der Waals surface area contributed by atoms with Crippen molar-refractivity contribution in [1.29, 1.82) is 0 Å². The van der Waals surface area contributed by atoms with Crippen molar-refractivity contribution in [2.75, 3.05) is 33.3 Å². The zero-order valence-electron chi connectivity index (χ0n) is 12.7. The minimum absolute atomic E-state index is 0.524. The molecule has 1 aromatic carbocycles. The van der Waals surface area contributed by atoms with Crippen molar-refractivity contribution in [2.45, 2.75) is 32.2 Å². The third kappa shape index (κ3) is 2.84. The second-order valence-electron chi connectivity index (χ2n) is 6.11. The van der Waals surface area contributed by atoms with Crippen LogP contribution in [-0.4, -0.2) is 38.2 Å². The van der Waals surface area contributed by atoms with Crippen LogP contribution in [0.1, 0.15) is 36.9 Å². The number of nitrogens with one attached hydrogen (secondary N) is 1. The molecule has 0 amide bonds. The Hall–Kier alpha value is -1.06. The molecule has 110 valence electrons. The molecule has 1 saturated heterocycles. The fraction of sp³-hybridized carbons (Fsp3) is 0.647. The van der Waals surface area contributed by atoms with Crippen molar-refractivity contribution >= 4 is 0 Å². The molecule has 1 N–H and O–H groups in total. The van der Waals surface area contributed by atoms with E-state index in [2.05, 4.69) is 35.3 Å². The lowest BCUT2D eigenvalue weighted by atomic mass is 10.1. The molecule has 2 aliphatic rings. The Balaban J connectivity index is 1.58. The molecule has 1 aliphatic heterocycles. The molecule has 3 nitrogen and oxygen atoms in total. The molecule has 0 saturated carbocycles. The van der Waals surface area contributed by atoms with Gasteiger partial charge in [-0.25, -0.2) is 0 Å². The lowest BCUT2D eigenvalue weighted by Gasteiger charge is -2.18. The van der Waals surface area contributed by atoms with E-state index in [1.807, 2.05) is 0 Å². The van der Waals surface area contributed by atoms with Crippen molar-refractivity contribution in [1.82, 2.24) is 10.2 Å². The standard InChI is InChI=1S/C17H26N2O/c1-3-19-9-8-13(12-19)11-18-17-7-5-14-4-6-15(20-2)10-16(14)17/h4,6,10,13,17-18H,3,5,7-9,11-12H2,1-2H3. The van der Waals surface area contributed by atoms with Gasteiger partial charge in [-0.2, -0.15) is 0 Å². The van der Waals surface area contributed by atoms with Crippen molar-refractivity contribution in [3.05, 3.63) is 29.3 Å². The average molecular weight is 274 g/mol. The van der Waals surface area contributed by atoms with Gasteiger partial charge in [0.2, 0.25) is 0 Å². The summed E-state index contributed by atoms with van der Waals surface area (Å²) in [5, 5.41) is 3.79. The van der Waals surface area contributed by atoms with Gasteiger partial charge in [0.1, 0.15) is 5.75 Å². The molecule has 0 spiro atoms. The average Bonchev–Trinajstić information content (AvgIpc) is 3.11. The first-order valence-electron chi connectivity index (χ1n) is 7.92. The maximum absolute atomic E-state index is 5.36. The molecule has 3 heteroatoms. The largest absolute Gasteiger partial charge is 0.497 e. The van der Waals surface area contributed by atoms with Gasteiger partial charge < -0.3 is 15.0 Å². The van der Waals surface area contributed by atoms with E-state index in [1.165, 1.54) is 50.0 Å². The van der Waals surface area contributed by atoms with E-state index in [1.54, 1.807) is 7.11 Å². The Morgan fingerprint density at radius 1 is 1.35 bits per heavy atom. The van der Waals surface area contributed by atoms with Crippen molar-refractivity contribution < 1.29 is 4.74 Å². The maximum atomic E-state index is 5.36. The zero-order valence-corrected chi connectivity index (χ0v) is 12.7. The number of likely N-dealkylation sites (tertiary alicyclic amines) is 1. The minimum atomic E-state index is 0.524. The number of benzene rings is 1. The van der Waals surface area contributed by atoms with Crippen LogP contribution in [0, 0.1) is 5.92 Å². The summed E-state index contributed by atoms with van der Waals surface area (Å²) >= 11 is 0. The summed E-state index contributed by atoms with van der Waals surface area (Å²) in [6.45, 7) is 7.15. The fourth-order valence-electron chi connectivity index (χ4n) is 3.60. The predicted octanol–water partition coefficient (Wildman–Crippen LogP) is 2.61. The van der Waals surface area contributed by atoms with Gasteiger partial charge in [-0.3, -0.25) is 0 Å². The lowest BCUT2D eigenvalue weighted by Crippen LogP contribution is -2.28. The Kier molecular flexibility index (Phi) is 4.27. The highest BCUT2D eigenvalue weighted by molar-refractivity contribution is 5.40. The number of fused-ring (bicyclic) bond motifs is 1. The van der Waals surface area contributed by atoms with Gasteiger partial charge in [0.05, 0.1) is 7.11 Å². The number of hydrogen-bond acceptors (Lipinski definition) is 3. The quantitative estimate of drug-likeness (QED) is 0.893. The van der Waals surface area contributed by atoms with Crippen LogP contribution in [0.3, 0.4) is 0 Å². The fourth-order valence-corrected chi connectivity index (χ4v) is 3.60. The summed E-state index contributed by atoms with van der Waals surface area (Å²) in [5.74, 6) is 1.81. The van der Waals surface area contributed by atoms with E-state index in [9.17, 15) is 0 Å². The SMILES string of the molecule is CCN1CCC(CNC2CCc3ccc(OC)cc32)C1. The first kappa shape index (κ1) is 13.9. The van der Waals surface area contributed by atoms with Gasteiger partial charge in [0, 0.05) is 12.6 Å². The summed E-state index contributed by atoms with van der Waals surface area (Å²) in [5.41, 5.74) is 2.94. The molecule has 0 aromatic heterocycles. The third-order valence-corrected chi connectivity index (χ3v) is 4.90. The van der Waals surface area contributed by atoms with Crippen LogP contribution >= 0.6 is 0 Å². The summed E-state index contributed by atoms with van der Waals surface area (Å²) in [6.07, 6.45) is 3.77. The monoisotopic (exact) mass is 274 g/mol. The summed E-state index contributed by atoms with van der Waals surface area (Å²) in [6, 6.07) is 7.05. The first-order chi connectivity index (χ1) is 9.80. The van der Waals surface area contributed by atoms with Crippen LogP contribution in [0.25, 0.3) is 0 Å². The number of ether oxygens (including phenoxy) is 1. The van der Waals surface area contributed by atoms with Crippen molar-refractivity contribution in [3.8, 4) is 5.75 Å². The van der Waals surface area contributed by atoms with Gasteiger partial charge in [-0.15, -0.1) is 0 Å². The lowest BCUT2D eigenvalue weighted by molar-refractivity contribution is 0.335.